The number of halogens is 3. The van der Waals surface area contributed by atoms with Gasteiger partial charge in [-0.05, 0) is 35.9 Å². The van der Waals surface area contributed by atoms with Crippen LogP contribution in [0, 0.1) is 0 Å². The summed E-state index contributed by atoms with van der Waals surface area (Å²) in [6.45, 7) is -3.03. The number of aromatic amines is 1. The zero-order valence-electron chi connectivity index (χ0n) is 16.0. The number of carboxylic acids is 1. The number of nitrogens with one attached hydrogen (secondary N) is 3. The first-order chi connectivity index (χ1) is 15.2. The molecule has 3 amide bonds. The lowest BCUT2D eigenvalue weighted by molar-refractivity contribution is -0.0497. The van der Waals surface area contributed by atoms with Gasteiger partial charge in [-0.3, -0.25) is 4.79 Å². The van der Waals surface area contributed by atoms with Gasteiger partial charge in [-0.2, -0.15) is 8.78 Å². The summed E-state index contributed by atoms with van der Waals surface area (Å²) in [5.41, 5.74) is 6.21. The third-order valence-electron chi connectivity index (χ3n) is 4.19. The monoisotopic (exact) mass is 464 g/mol. The molecule has 1 heterocycles. The van der Waals surface area contributed by atoms with Crippen LogP contribution >= 0.6 is 11.6 Å². The second kappa shape index (κ2) is 9.35. The Morgan fingerprint density at radius 1 is 1.06 bits per heavy atom. The summed E-state index contributed by atoms with van der Waals surface area (Å²) in [6, 6.07) is 9.10. The van der Waals surface area contributed by atoms with E-state index in [1.165, 1.54) is 48.7 Å². The van der Waals surface area contributed by atoms with Gasteiger partial charge in [0.2, 0.25) is 0 Å². The van der Waals surface area contributed by atoms with Crippen LogP contribution in [0.1, 0.15) is 20.8 Å². The van der Waals surface area contributed by atoms with Crippen LogP contribution in [0.2, 0.25) is 5.02 Å². The number of aromatic carboxylic acids is 1. The smallest absolute Gasteiger partial charge is 0.387 e. The molecule has 0 aliphatic heterocycles. The van der Waals surface area contributed by atoms with Crippen molar-refractivity contribution in [2.24, 2.45) is 5.73 Å². The molecule has 0 spiro atoms. The summed E-state index contributed by atoms with van der Waals surface area (Å²) in [4.78, 5) is 37.8. The van der Waals surface area contributed by atoms with Gasteiger partial charge in [0.25, 0.3) is 5.91 Å². The summed E-state index contributed by atoms with van der Waals surface area (Å²) in [7, 11) is 0. The number of rotatable bonds is 7. The summed E-state index contributed by atoms with van der Waals surface area (Å²) in [6.07, 6.45) is 1.17. The van der Waals surface area contributed by atoms with Gasteiger partial charge in [-0.15, -0.1) is 0 Å². The van der Waals surface area contributed by atoms with Gasteiger partial charge in [0.05, 0.1) is 10.6 Å². The first kappa shape index (κ1) is 22.6. The van der Waals surface area contributed by atoms with Gasteiger partial charge in [0.15, 0.2) is 0 Å². The van der Waals surface area contributed by atoms with Crippen LogP contribution in [0.4, 0.5) is 25.0 Å². The van der Waals surface area contributed by atoms with Gasteiger partial charge < -0.3 is 31.2 Å². The van der Waals surface area contributed by atoms with E-state index >= 15 is 0 Å². The number of benzene rings is 2. The van der Waals surface area contributed by atoms with Gasteiger partial charge in [0, 0.05) is 23.1 Å². The number of primary amides is 1. The predicted octanol–water partition coefficient (Wildman–Crippen LogP) is 4.38. The maximum absolute atomic E-state index is 12.3. The van der Waals surface area contributed by atoms with Gasteiger partial charge >= 0.3 is 18.6 Å². The van der Waals surface area contributed by atoms with Crippen LogP contribution < -0.4 is 21.1 Å². The molecule has 0 saturated carbocycles. The van der Waals surface area contributed by atoms with E-state index < -0.39 is 24.5 Å². The zero-order chi connectivity index (χ0) is 23.4. The standard InChI is InChI=1S/C20H15ClF2N4O5/c21-13-7-11(5-6-14(13)32-19(22)23)27-20(31)26-10-3-1-9(2-4-10)15-12(18(29)30)8-25-16(15)17(24)28/h1-8,19,25H,(H2,24,28)(H,29,30)(H2,26,27,31). The van der Waals surface area contributed by atoms with Crippen molar-refractivity contribution >= 4 is 40.9 Å². The number of carbonyl (C=O) groups is 3. The molecule has 1 aromatic heterocycles. The van der Waals surface area contributed by atoms with Gasteiger partial charge in [0.1, 0.15) is 11.4 Å². The molecule has 3 rings (SSSR count). The molecule has 0 atom stereocenters. The quantitative estimate of drug-likeness (QED) is 0.352. The number of amides is 3. The maximum Gasteiger partial charge on any atom is 0.387 e. The SMILES string of the molecule is NC(=O)c1[nH]cc(C(=O)O)c1-c1ccc(NC(=O)Nc2ccc(OC(F)F)c(Cl)c2)cc1. The third-order valence-corrected chi connectivity index (χ3v) is 4.49. The lowest BCUT2D eigenvalue weighted by atomic mass is 10.0. The zero-order valence-corrected chi connectivity index (χ0v) is 16.7. The van der Waals surface area contributed by atoms with Crippen LogP contribution in [0.3, 0.4) is 0 Å². The summed E-state index contributed by atoms with van der Waals surface area (Å²) in [5.74, 6) is -2.30. The Hall–Kier alpha value is -4.12. The number of hydrogen-bond acceptors (Lipinski definition) is 4. The fraction of sp³-hybridized carbons (Fsp3) is 0.0500. The number of alkyl halides is 2. The number of nitrogens with two attached hydrogens (primary N) is 1. The molecule has 3 aromatic rings. The Bertz CT molecular complexity index is 1150. The van der Waals surface area contributed by atoms with E-state index in [9.17, 15) is 28.3 Å². The summed E-state index contributed by atoms with van der Waals surface area (Å²) >= 11 is 5.85. The number of ether oxygens (including phenoxy) is 1. The molecule has 2 aromatic carbocycles. The highest BCUT2D eigenvalue weighted by molar-refractivity contribution is 6.32. The molecule has 12 heteroatoms. The van der Waals surface area contributed by atoms with Crippen molar-refractivity contribution < 1.29 is 33.0 Å². The number of H-pyrrole nitrogens is 1. The molecule has 0 aliphatic carbocycles. The number of aromatic nitrogens is 1. The molecule has 0 unspecified atom stereocenters. The molecular weight excluding hydrogens is 450 g/mol. The van der Waals surface area contributed by atoms with E-state index in [2.05, 4.69) is 20.4 Å². The lowest BCUT2D eigenvalue weighted by Crippen LogP contribution is -2.19. The van der Waals surface area contributed by atoms with E-state index in [1.54, 1.807) is 0 Å². The first-order valence-corrected chi connectivity index (χ1v) is 9.20. The second-order valence-corrected chi connectivity index (χ2v) is 6.71. The Kier molecular flexibility index (Phi) is 6.59. The van der Waals surface area contributed by atoms with E-state index in [4.69, 9.17) is 17.3 Å². The Morgan fingerprint density at radius 2 is 1.69 bits per heavy atom. The molecule has 166 valence electrons. The fourth-order valence-electron chi connectivity index (χ4n) is 2.87. The largest absolute Gasteiger partial charge is 0.478 e. The molecule has 0 bridgehead atoms. The average Bonchev–Trinajstić information content (AvgIpc) is 3.16. The highest BCUT2D eigenvalue weighted by Crippen LogP contribution is 2.30. The topological polar surface area (TPSA) is 147 Å². The third kappa shape index (κ3) is 5.13. The van der Waals surface area contributed by atoms with Crippen LogP contribution in [-0.2, 0) is 0 Å². The Morgan fingerprint density at radius 3 is 2.25 bits per heavy atom. The van der Waals surface area contributed by atoms with Gasteiger partial charge in [-0.1, -0.05) is 23.7 Å². The molecule has 0 aliphatic rings. The van der Waals surface area contributed by atoms with Crippen molar-refractivity contribution in [1.29, 1.82) is 0 Å². The van der Waals surface area contributed by atoms with Crippen molar-refractivity contribution in [3.8, 4) is 16.9 Å². The second-order valence-electron chi connectivity index (χ2n) is 6.30. The molecule has 0 radical (unpaired) electrons. The van der Waals surface area contributed by atoms with E-state index in [0.717, 1.165) is 0 Å². The molecule has 0 fully saturated rings. The first-order valence-electron chi connectivity index (χ1n) is 8.83. The number of hydrogen-bond donors (Lipinski definition) is 5. The highest BCUT2D eigenvalue weighted by atomic mass is 35.5. The van der Waals surface area contributed by atoms with Crippen LogP contribution in [0.15, 0.2) is 48.7 Å². The molecular formula is C20H15ClF2N4O5. The van der Waals surface area contributed by atoms with Crippen LogP contribution in [-0.4, -0.2) is 34.6 Å². The number of carbonyl (C=O) groups excluding carboxylic acids is 2. The normalized spacial score (nSPS) is 10.6. The van der Waals surface area contributed by atoms with Crippen molar-refractivity contribution in [2.45, 2.75) is 6.61 Å². The van der Waals surface area contributed by atoms with E-state index in [-0.39, 0.29) is 33.3 Å². The van der Waals surface area contributed by atoms with Crippen LogP contribution in [0.25, 0.3) is 11.1 Å². The minimum Gasteiger partial charge on any atom is -0.478 e. The number of anilines is 2. The Balaban J connectivity index is 1.72. The maximum atomic E-state index is 12.3. The van der Waals surface area contributed by atoms with Crippen molar-refractivity contribution in [3.05, 3.63) is 64.9 Å². The lowest BCUT2D eigenvalue weighted by Gasteiger charge is -2.11. The molecule has 32 heavy (non-hydrogen) atoms. The number of carboxylic acid groups (broad SMARTS) is 1. The van der Waals surface area contributed by atoms with Crippen molar-refractivity contribution in [1.82, 2.24) is 4.98 Å². The minimum absolute atomic E-state index is 0.0583. The average molecular weight is 465 g/mol. The van der Waals surface area contributed by atoms with Crippen molar-refractivity contribution in [3.63, 3.8) is 0 Å². The Labute approximate surface area is 184 Å². The highest BCUT2D eigenvalue weighted by Gasteiger charge is 2.21. The summed E-state index contributed by atoms with van der Waals surface area (Å²) in [5, 5.41) is 14.2. The van der Waals surface area contributed by atoms with Crippen molar-refractivity contribution in [2.75, 3.05) is 10.6 Å². The number of urea groups is 1. The van der Waals surface area contributed by atoms with E-state index in [1.807, 2.05) is 0 Å². The summed E-state index contributed by atoms with van der Waals surface area (Å²) < 4.78 is 28.8. The van der Waals surface area contributed by atoms with E-state index in [0.29, 0.717) is 11.3 Å². The molecule has 9 nitrogen and oxygen atoms in total. The molecule has 6 N–H and O–H groups in total. The van der Waals surface area contributed by atoms with Gasteiger partial charge in [-0.25, -0.2) is 9.59 Å². The van der Waals surface area contributed by atoms with Crippen LogP contribution in [0.5, 0.6) is 5.75 Å². The predicted molar refractivity (Wildman–Crippen MR) is 112 cm³/mol. The molecule has 0 saturated heterocycles. The minimum atomic E-state index is -3.03. The fourth-order valence-corrected chi connectivity index (χ4v) is 3.10.